The van der Waals surface area contributed by atoms with Crippen LogP contribution in [0, 0.1) is 11.3 Å². The third-order valence-electron chi connectivity index (χ3n) is 3.66. The number of nitrogens with zero attached hydrogens (tertiary/aromatic N) is 1. The number of fused-ring (bicyclic) bond motifs is 1. The molecule has 1 aromatic rings. The van der Waals surface area contributed by atoms with Crippen LogP contribution in [0.15, 0.2) is 18.2 Å². The molecule has 2 atom stereocenters. The van der Waals surface area contributed by atoms with Gasteiger partial charge in [0.1, 0.15) is 17.5 Å². The van der Waals surface area contributed by atoms with Crippen LogP contribution < -0.4 is 10.1 Å². The minimum atomic E-state index is -0.795. The number of benzene rings is 1. The van der Waals surface area contributed by atoms with E-state index in [-0.39, 0.29) is 5.54 Å². The molecular weight excluding hydrogens is 296 g/mol. The Morgan fingerprint density at radius 2 is 2.05 bits per heavy atom. The molecule has 0 saturated heterocycles. The normalized spacial score (nSPS) is 23.0. The first-order chi connectivity index (χ1) is 10.0. The van der Waals surface area contributed by atoms with E-state index in [1.807, 2.05) is 34.6 Å². The lowest BCUT2D eigenvalue weighted by Gasteiger charge is -2.43. The van der Waals surface area contributed by atoms with Gasteiger partial charge in [-0.1, -0.05) is 12.2 Å². The summed E-state index contributed by atoms with van der Waals surface area (Å²) in [6, 6.07) is 7.35. The molecule has 1 aliphatic rings. The van der Waals surface area contributed by atoms with E-state index in [1.165, 1.54) is 0 Å². The predicted octanol–water partition coefficient (Wildman–Crippen LogP) is 2.89. The lowest BCUT2D eigenvalue weighted by molar-refractivity contribution is -0.0469. The third kappa shape index (κ3) is 3.23. The van der Waals surface area contributed by atoms with Crippen molar-refractivity contribution in [3.63, 3.8) is 0 Å². The maximum atomic E-state index is 10.7. The van der Waals surface area contributed by atoms with Crippen LogP contribution in [-0.4, -0.2) is 27.3 Å². The summed E-state index contributed by atoms with van der Waals surface area (Å²) in [6.07, 6.45) is -0.795. The quantitative estimate of drug-likeness (QED) is 0.780. The van der Waals surface area contributed by atoms with Crippen molar-refractivity contribution in [2.75, 3.05) is 0 Å². The molecule has 0 bridgehead atoms. The first-order valence-electron chi connectivity index (χ1n) is 7.28. The van der Waals surface area contributed by atoms with Gasteiger partial charge in [-0.3, -0.25) is 0 Å². The van der Waals surface area contributed by atoms with Crippen LogP contribution in [0.1, 0.15) is 51.7 Å². The summed E-state index contributed by atoms with van der Waals surface area (Å²) >= 11 is 5.55. The van der Waals surface area contributed by atoms with E-state index in [0.717, 1.165) is 5.56 Å². The Balaban J connectivity index is 2.51. The van der Waals surface area contributed by atoms with Crippen LogP contribution in [0.5, 0.6) is 5.75 Å². The van der Waals surface area contributed by atoms with E-state index in [1.54, 1.807) is 18.2 Å². The molecule has 118 valence electrons. The number of aliphatic hydroxyl groups excluding tert-OH is 1. The van der Waals surface area contributed by atoms with Crippen molar-refractivity contribution >= 4 is 17.2 Å². The summed E-state index contributed by atoms with van der Waals surface area (Å²) in [5, 5.41) is 23.1. The minimum absolute atomic E-state index is 0.202. The van der Waals surface area contributed by atoms with Gasteiger partial charge in [-0.2, -0.15) is 5.26 Å². The van der Waals surface area contributed by atoms with Crippen LogP contribution in [0.25, 0.3) is 0 Å². The fraction of sp³-hybridized carbons (Fsp3) is 0.529. The van der Waals surface area contributed by atoms with Gasteiger partial charge in [0.15, 0.2) is 0 Å². The molecule has 1 aromatic carbocycles. The maximum absolute atomic E-state index is 10.7. The Kier molecular flexibility index (Phi) is 4.20. The zero-order valence-corrected chi connectivity index (χ0v) is 14.4. The second-order valence-electron chi connectivity index (χ2n) is 7.23. The highest BCUT2D eigenvalue weighted by atomic mass is 32.1. The Morgan fingerprint density at radius 1 is 1.41 bits per heavy atom. The van der Waals surface area contributed by atoms with Gasteiger partial charge in [-0.25, -0.2) is 0 Å². The minimum Gasteiger partial charge on any atom is -0.485 e. The van der Waals surface area contributed by atoms with E-state index in [2.05, 4.69) is 11.4 Å². The van der Waals surface area contributed by atoms with Gasteiger partial charge in [0.2, 0.25) is 0 Å². The maximum Gasteiger partial charge on any atom is 0.130 e. The second kappa shape index (κ2) is 5.53. The molecule has 2 unspecified atom stereocenters. The highest BCUT2D eigenvalue weighted by molar-refractivity contribution is 7.80. The van der Waals surface area contributed by atoms with Crippen molar-refractivity contribution in [2.24, 2.45) is 0 Å². The molecule has 0 radical (unpaired) electrons. The summed E-state index contributed by atoms with van der Waals surface area (Å²) in [7, 11) is 0. The largest absolute Gasteiger partial charge is 0.485 e. The van der Waals surface area contributed by atoms with Crippen molar-refractivity contribution < 1.29 is 9.84 Å². The molecule has 5 heteroatoms. The summed E-state index contributed by atoms with van der Waals surface area (Å²) in [6.45, 7) is 9.73. The molecule has 22 heavy (non-hydrogen) atoms. The fourth-order valence-electron chi connectivity index (χ4n) is 2.60. The molecule has 1 heterocycles. The molecular formula is C17H22N2O2S. The fourth-order valence-corrected chi connectivity index (χ4v) is 3.16. The van der Waals surface area contributed by atoms with E-state index >= 15 is 0 Å². The van der Waals surface area contributed by atoms with Gasteiger partial charge >= 0.3 is 0 Å². The number of nitriles is 1. The van der Waals surface area contributed by atoms with Crippen LogP contribution in [0.3, 0.4) is 0 Å². The SMILES string of the molecule is CC(C)(C)NC(=S)C1c2cc(C#N)ccc2OC(C)(C)C1O. The average molecular weight is 318 g/mol. The lowest BCUT2D eigenvalue weighted by atomic mass is 9.80. The molecule has 1 aliphatic heterocycles. The van der Waals surface area contributed by atoms with E-state index < -0.39 is 17.6 Å². The molecule has 0 saturated carbocycles. The summed E-state index contributed by atoms with van der Waals surface area (Å²) in [5.74, 6) is 0.263. The van der Waals surface area contributed by atoms with Crippen molar-refractivity contribution in [1.29, 1.82) is 5.26 Å². The van der Waals surface area contributed by atoms with Crippen molar-refractivity contribution in [3.8, 4) is 11.8 Å². The molecule has 2 rings (SSSR count). The zero-order chi connectivity index (χ0) is 16.7. The van der Waals surface area contributed by atoms with Crippen LogP contribution in [-0.2, 0) is 0 Å². The van der Waals surface area contributed by atoms with Crippen molar-refractivity contribution in [3.05, 3.63) is 29.3 Å². The standard InChI is InChI=1S/C17H22N2O2S/c1-16(2,3)19-15(22)13-11-8-10(9-18)6-7-12(11)21-17(4,5)14(13)20/h6-8,13-14,20H,1-5H3,(H,19,22). The first kappa shape index (κ1) is 16.7. The Morgan fingerprint density at radius 3 is 2.59 bits per heavy atom. The number of rotatable bonds is 1. The van der Waals surface area contributed by atoms with Gasteiger partial charge in [0.05, 0.1) is 22.5 Å². The molecule has 0 aliphatic carbocycles. The Bertz CT molecular complexity index is 641. The summed E-state index contributed by atoms with van der Waals surface area (Å²) in [4.78, 5) is 0.563. The van der Waals surface area contributed by atoms with Gasteiger partial charge in [0.25, 0.3) is 0 Å². The van der Waals surface area contributed by atoms with Crippen LogP contribution in [0.4, 0.5) is 0 Å². The molecule has 4 nitrogen and oxygen atoms in total. The third-order valence-corrected chi connectivity index (χ3v) is 4.01. The van der Waals surface area contributed by atoms with E-state index in [9.17, 15) is 5.11 Å². The van der Waals surface area contributed by atoms with Gasteiger partial charge in [-0.15, -0.1) is 0 Å². The lowest BCUT2D eigenvalue weighted by Crippen LogP contribution is -2.54. The van der Waals surface area contributed by atoms with Crippen LogP contribution in [0.2, 0.25) is 0 Å². The van der Waals surface area contributed by atoms with E-state index in [4.69, 9.17) is 22.2 Å². The smallest absolute Gasteiger partial charge is 0.130 e. The molecule has 0 aromatic heterocycles. The molecule has 0 fully saturated rings. The summed E-state index contributed by atoms with van der Waals surface area (Å²) < 4.78 is 5.89. The summed E-state index contributed by atoms with van der Waals surface area (Å²) in [5.41, 5.74) is 0.326. The number of aliphatic hydroxyl groups is 1. The second-order valence-corrected chi connectivity index (χ2v) is 7.67. The zero-order valence-electron chi connectivity index (χ0n) is 13.6. The van der Waals surface area contributed by atoms with Crippen molar-refractivity contribution in [2.45, 2.75) is 57.8 Å². The number of ether oxygens (including phenoxy) is 1. The Labute approximate surface area is 137 Å². The number of thiocarbonyl (C=S) groups is 1. The number of hydrogen-bond donors (Lipinski definition) is 2. The Hall–Kier alpha value is -1.64. The topological polar surface area (TPSA) is 65.3 Å². The highest BCUT2D eigenvalue weighted by Crippen LogP contribution is 2.42. The molecule has 0 spiro atoms. The number of hydrogen-bond acceptors (Lipinski definition) is 4. The number of nitrogens with one attached hydrogen (secondary N) is 1. The van der Waals surface area contributed by atoms with Crippen LogP contribution >= 0.6 is 12.2 Å². The predicted molar refractivity (Wildman–Crippen MR) is 90.1 cm³/mol. The molecule has 0 amide bonds. The van der Waals surface area contributed by atoms with Gasteiger partial charge < -0.3 is 15.2 Å². The van der Waals surface area contributed by atoms with Gasteiger partial charge in [0, 0.05) is 11.1 Å². The van der Waals surface area contributed by atoms with Gasteiger partial charge in [-0.05, 0) is 52.8 Å². The van der Waals surface area contributed by atoms with E-state index in [0.29, 0.717) is 16.3 Å². The highest BCUT2D eigenvalue weighted by Gasteiger charge is 2.45. The molecule has 2 N–H and O–H groups in total. The monoisotopic (exact) mass is 318 g/mol. The average Bonchev–Trinajstić information content (AvgIpc) is 2.37. The first-order valence-corrected chi connectivity index (χ1v) is 7.69. The van der Waals surface area contributed by atoms with Crippen molar-refractivity contribution in [1.82, 2.24) is 5.32 Å².